The lowest BCUT2D eigenvalue weighted by molar-refractivity contribution is -0.139. The molecule has 0 saturated heterocycles. The number of benzene rings is 3. The monoisotopic (exact) mass is 629 g/mol. The summed E-state index contributed by atoms with van der Waals surface area (Å²) < 4.78 is 48.1. The first-order valence-electron chi connectivity index (χ1n) is 14.4. The summed E-state index contributed by atoms with van der Waals surface area (Å²) in [4.78, 5) is 28.7. The fraction of sp³-hybridized carbons (Fsp3) is 0.375. The van der Waals surface area contributed by atoms with Crippen LogP contribution in [0.15, 0.2) is 77.7 Å². The van der Waals surface area contributed by atoms with Crippen LogP contribution in [0.2, 0.25) is 5.02 Å². The Balaban J connectivity index is 1.67. The quantitative estimate of drug-likeness (QED) is 0.268. The second-order valence-corrected chi connectivity index (χ2v) is 12.8. The van der Waals surface area contributed by atoms with Crippen molar-refractivity contribution < 1.29 is 27.1 Å². The molecule has 2 amide bonds. The SMILES string of the molecule is CCOc1ccc(S(=O)(=O)N(CC(=O)N(Cc2ccccc2Cl)[C@@H](C)C(=O)NC2CCCCC2)c2ccc(F)cc2)cc1. The third kappa shape index (κ3) is 8.26. The minimum absolute atomic E-state index is 0.0158. The van der Waals surface area contributed by atoms with Crippen molar-refractivity contribution in [2.24, 2.45) is 0 Å². The Morgan fingerprint density at radius 2 is 1.65 bits per heavy atom. The third-order valence-electron chi connectivity index (χ3n) is 7.53. The van der Waals surface area contributed by atoms with E-state index >= 15 is 0 Å². The van der Waals surface area contributed by atoms with Crippen LogP contribution in [0.4, 0.5) is 10.1 Å². The van der Waals surface area contributed by atoms with Crippen LogP contribution in [-0.4, -0.2) is 50.4 Å². The molecular weight excluding hydrogens is 593 g/mol. The van der Waals surface area contributed by atoms with E-state index in [1.54, 1.807) is 31.2 Å². The molecule has 0 aliphatic heterocycles. The van der Waals surface area contributed by atoms with Gasteiger partial charge in [-0.2, -0.15) is 0 Å². The molecule has 230 valence electrons. The molecule has 8 nitrogen and oxygen atoms in total. The molecule has 0 unspecified atom stereocenters. The lowest BCUT2D eigenvalue weighted by Crippen LogP contribution is -2.53. The van der Waals surface area contributed by atoms with E-state index in [2.05, 4.69) is 5.32 Å². The number of carbonyl (C=O) groups is 2. The van der Waals surface area contributed by atoms with Crippen LogP contribution in [0.1, 0.15) is 51.5 Å². The van der Waals surface area contributed by atoms with Crippen LogP contribution in [-0.2, 0) is 26.2 Å². The van der Waals surface area contributed by atoms with Crippen LogP contribution >= 0.6 is 11.6 Å². The van der Waals surface area contributed by atoms with Gasteiger partial charge in [-0.15, -0.1) is 0 Å². The highest BCUT2D eigenvalue weighted by atomic mass is 35.5. The molecule has 3 aromatic carbocycles. The van der Waals surface area contributed by atoms with Crippen molar-refractivity contribution in [2.45, 2.75) is 69.5 Å². The summed E-state index contributed by atoms with van der Waals surface area (Å²) >= 11 is 6.43. The number of halogens is 2. The van der Waals surface area contributed by atoms with E-state index in [1.165, 1.54) is 41.3 Å². The van der Waals surface area contributed by atoms with Gasteiger partial charge in [0.15, 0.2) is 0 Å². The molecule has 0 heterocycles. The predicted octanol–water partition coefficient (Wildman–Crippen LogP) is 5.94. The lowest BCUT2D eigenvalue weighted by atomic mass is 9.95. The molecule has 1 aliphatic carbocycles. The number of amides is 2. The van der Waals surface area contributed by atoms with Crippen molar-refractivity contribution in [2.75, 3.05) is 17.5 Å². The number of hydrogen-bond donors (Lipinski definition) is 1. The summed E-state index contributed by atoms with van der Waals surface area (Å²) in [6, 6.07) is 16.8. The van der Waals surface area contributed by atoms with Gasteiger partial charge in [0.25, 0.3) is 10.0 Å². The van der Waals surface area contributed by atoms with Crippen molar-refractivity contribution in [3.8, 4) is 5.75 Å². The van der Waals surface area contributed by atoms with Crippen LogP contribution in [0, 0.1) is 5.82 Å². The number of nitrogens with one attached hydrogen (secondary N) is 1. The maximum absolute atomic E-state index is 14.1. The minimum Gasteiger partial charge on any atom is -0.494 e. The molecule has 4 rings (SSSR count). The Hall–Kier alpha value is -3.63. The van der Waals surface area contributed by atoms with Gasteiger partial charge in [-0.1, -0.05) is 49.1 Å². The Labute approximate surface area is 257 Å². The zero-order valence-electron chi connectivity index (χ0n) is 24.3. The highest BCUT2D eigenvalue weighted by molar-refractivity contribution is 7.92. The van der Waals surface area contributed by atoms with Crippen LogP contribution in [0.3, 0.4) is 0 Å². The van der Waals surface area contributed by atoms with Gasteiger partial charge in [0.2, 0.25) is 11.8 Å². The topological polar surface area (TPSA) is 96.0 Å². The number of anilines is 1. The second-order valence-electron chi connectivity index (χ2n) is 10.5. The zero-order valence-corrected chi connectivity index (χ0v) is 25.9. The van der Waals surface area contributed by atoms with Crippen LogP contribution in [0.25, 0.3) is 0 Å². The van der Waals surface area contributed by atoms with Gasteiger partial charge < -0.3 is 15.0 Å². The number of nitrogens with zero attached hydrogens (tertiary/aromatic N) is 2. The fourth-order valence-corrected chi connectivity index (χ4v) is 6.71. The van der Waals surface area contributed by atoms with Crippen LogP contribution < -0.4 is 14.4 Å². The normalized spacial score (nSPS) is 14.5. The van der Waals surface area contributed by atoms with Gasteiger partial charge in [0, 0.05) is 17.6 Å². The third-order valence-corrected chi connectivity index (χ3v) is 9.69. The maximum Gasteiger partial charge on any atom is 0.264 e. The molecule has 0 aromatic heterocycles. The van der Waals surface area contributed by atoms with E-state index in [4.69, 9.17) is 16.3 Å². The molecule has 1 aliphatic rings. The lowest BCUT2D eigenvalue weighted by Gasteiger charge is -2.33. The number of hydrogen-bond acceptors (Lipinski definition) is 5. The van der Waals surface area contributed by atoms with E-state index in [0.29, 0.717) is 22.9 Å². The molecule has 0 radical (unpaired) electrons. The first kappa shape index (κ1) is 32.3. The Morgan fingerprint density at radius 1 is 1.00 bits per heavy atom. The first-order valence-corrected chi connectivity index (χ1v) is 16.3. The molecule has 43 heavy (non-hydrogen) atoms. The standard InChI is InChI=1S/C32H37ClFN3O5S/c1-3-42-28-17-19-29(20-18-28)43(40,41)37(27-15-13-25(34)14-16-27)22-31(38)36(21-24-9-7-8-12-30(24)33)23(2)32(39)35-26-10-5-4-6-11-26/h7-9,12-20,23,26H,3-6,10-11,21-22H2,1-2H3,(H,35,39)/t23-/m0/s1. The number of rotatable bonds is 12. The summed E-state index contributed by atoms with van der Waals surface area (Å²) in [5.74, 6) is -1.00. The first-order chi connectivity index (χ1) is 20.6. The summed E-state index contributed by atoms with van der Waals surface area (Å²) in [6.07, 6.45) is 4.92. The average Bonchev–Trinajstić information content (AvgIpc) is 3.00. The predicted molar refractivity (Wildman–Crippen MR) is 165 cm³/mol. The van der Waals surface area contributed by atoms with Gasteiger partial charge in [-0.25, -0.2) is 12.8 Å². The fourth-order valence-electron chi connectivity index (χ4n) is 5.10. The van der Waals surface area contributed by atoms with E-state index in [-0.39, 0.29) is 29.1 Å². The molecule has 0 spiro atoms. The highest BCUT2D eigenvalue weighted by Crippen LogP contribution is 2.27. The van der Waals surface area contributed by atoms with Crippen molar-refractivity contribution >= 4 is 39.1 Å². The van der Waals surface area contributed by atoms with Crippen molar-refractivity contribution in [3.05, 3.63) is 89.2 Å². The molecule has 1 saturated carbocycles. The summed E-state index contributed by atoms with van der Waals surface area (Å²) in [5, 5.41) is 3.48. The molecule has 11 heteroatoms. The molecule has 1 fully saturated rings. The zero-order chi connectivity index (χ0) is 31.0. The molecule has 1 N–H and O–H groups in total. The summed E-state index contributed by atoms with van der Waals surface area (Å²) in [6.45, 7) is 3.20. The smallest absolute Gasteiger partial charge is 0.264 e. The molecule has 3 aromatic rings. The minimum atomic E-state index is -4.30. The van der Waals surface area contributed by atoms with E-state index in [0.717, 1.165) is 48.5 Å². The van der Waals surface area contributed by atoms with Crippen molar-refractivity contribution in [3.63, 3.8) is 0 Å². The molecule has 0 bridgehead atoms. The average molecular weight is 630 g/mol. The van der Waals surface area contributed by atoms with Gasteiger partial charge in [0.05, 0.1) is 17.2 Å². The number of sulfonamides is 1. The summed E-state index contributed by atoms with van der Waals surface area (Å²) in [7, 11) is -4.30. The van der Waals surface area contributed by atoms with E-state index in [9.17, 15) is 22.4 Å². The summed E-state index contributed by atoms with van der Waals surface area (Å²) in [5.41, 5.74) is 0.707. The Kier molecular flexibility index (Phi) is 11.0. The van der Waals surface area contributed by atoms with Gasteiger partial charge in [-0.3, -0.25) is 13.9 Å². The van der Waals surface area contributed by atoms with Crippen molar-refractivity contribution in [1.82, 2.24) is 10.2 Å². The van der Waals surface area contributed by atoms with Crippen LogP contribution in [0.5, 0.6) is 5.75 Å². The van der Waals surface area contributed by atoms with Crippen molar-refractivity contribution in [1.29, 1.82) is 0 Å². The van der Waals surface area contributed by atoms with E-state index in [1.807, 2.05) is 6.92 Å². The largest absolute Gasteiger partial charge is 0.494 e. The molecular formula is C32H37ClFN3O5S. The van der Waals surface area contributed by atoms with E-state index < -0.39 is 34.3 Å². The molecule has 1 atom stereocenters. The van der Waals surface area contributed by atoms with Gasteiger partial charge >= 0.3 is 0 Å². The second kappa shape index (κ2) is 14.7. The number of ether oxygens (including phenoxy) is 1. The maximum atomic E-state index is 14.1. The van der Waals surface area contributed by atoms with Gasteiger partial charge in [-0.05, 0) is 86.8 Å². The highest BCUT2D eigenvalue weighted by Gasteiger charge is 2.33. The Bertz CT molecular complexity index is 1500. The Morgan fingerprint density at radius 3 is 2.28 bits per heavy atom. The number of carbonyl (C=O) groups excluding carboxylic acids is 2. The van der Waals surface area contributed by atoms with Gasteiger partial charge in [0.1, 0.15) is 24.2 Å².